The summed E-state index contributed by atoms with van der Waals surface area (Å²) in [6.45, 7) is 2.21. The molecule has 96 valence electrons. The smallest absolute Gasteiger partial charge is 0.215 e. The highest BCUT2D eigenvalue weighted by molar-refractivity contribution is 7.71. The summed E-state index contributed by atoms with van der Waals surface area (Å²) in [6.07, 6.45) is 3.90. The summed E-state index contributed by atoms with van der Waals surface area (Å²) in [5.74, 6) is 1.50. The molecular weight excluding hydrogens is 246 g/mol. The van der Waals surface area contributed by atoms with Crippen molar-refractivity contribution in [2.75, 3.05) is 7.11 Å². The van der Waals surface area contributed by atoms with Crippen LogP contribution in [0.15, 0.2) is 12.1 Å². The van der Waals surface area contributed by atoms with Crippen LogP contribution in [0.2, 0.25) is 0 Å². The lowest BCUT2D eigenvalue weighted by atomic mass is 10.1. The Morgan fingerprint density at radius 3 is 3.00 bits per heavy atom. The Balaban J connectivity index is 2.07. The van der Waals surface area contributed by atoms with Gasteiger partial charge in [-0.25, -0.2) is 0 Å². The molecule has 0 amide bonds. The van der Waals surface area contributed by atoms with Gasteiger partial charge in [0, 0.05) is 12.1 Å². The molecule has 1 atom stereocenters. The topological polar surface area (TPSA) is 42.8 Å². The van der Waals surface area contributed by atoms with E-state index in [1.54, 1.807) is 7.11 Å². The molecule has 2 heterocycles. The molecule has 3 rings (SSSR count). The number of rotatable bonds is 4. The molecule has 18 heavy (non-hydrogen) atoms. The van der Waals surface area contributed by atoms with Crippen LogP contribution in [0.1, 0.15) is 32.2 Å². The molecule has 0 aliphatic heterocycles. The van der Waals surface area contributed by atoms with E-state index in [0.29, 0.717) is 11.9 Å². The maximum Gasteiger partial charge on any atom is 0.215 e. The Labute approximate surface area is 111 Å². The second-order valence-electron chi connectivity index (χ2n) is 5.05. The lowest BCUT2D eigenvalue weighted by molar-refractivity contribution is 0.398. The van der Waals surface area contributed by atoms with E-state index in [2.05, 4.69) is 21.5 Å². The molecule has 1 N–H and O–H groups in total. The average molecular weight is 263 g/mol. The van der Waals surface area contributed by atoms with Crippen LogP contribution >= 0.6 is 12.2 Å². The van der Waals surface area contributed by atoms with Gasteiger partial charge in [-0.1, -0.05) is 12.8 Å². The van der Waals surface area contributed by atoms with E-state index in [0.717, 1.165) is 21.9 Å². The first-order chi connectivity index (χ1) is 8.69. The SMILES string of the molecule is COc1ccc2[nH]c(=S)n(C(C)CC3CC3)c2n1. The number of ether oxygens (including phenoxy) is 1. The van der Waals surface area contributed by atoms with E-state index < -0.39 is 0 Å². The summed E-state index contributed by atoms with van der Waals surface area (Å²) in [7, 11) is 1.63. The van der Waals surface area contributed by atoms with E-state index in [9.17, 15) is 0 Å². The van der Waals surface area contributed by atoms with Gasteiger partial charge in [0.1, 0.15) is 0 Å². The number of H-pyrrole nitrogens is 1. The van der Waals surface area contributed by atoms with Crippen molar-refractivity contribution in [1.82, 2.24) is 14.5 Å². The summed E-state index contributed by atoms with van der Waals surface area (Å²) in [5.41, 5.74) is 1.87. The third-order valence-electron chi connectivity index (χ3n) is 3.56. The van der Waals surface area contributed by atoms with Crippen molar-refractivity contribution in [3.63, 3.8) is 0 Å². The molecule has 0 spiro atoms. The zero-order valence-electron chi connectivity index (χ0n) is 10.6. The van der Waals surface area contributed by atoms with Gasteiger partial charge in [-0.05, 0) is 37.5 Å². The first kappa shape index (κ1) is 11.7. The molecule has 5 heteroatoms. The van der Waals surface area contributed by atoms with E-state index >= 15 is 0 Å². The van der Waals surface area contributed by atoms with Crippen LogP contribution < -0.4 is 4.74 Å². The normalized spacial score (nSPS) is 17.0. The summed E-state index contributed by atoms with van der Waals surface area (Å²) in [5, 5.41) is 0. The van der Waals surface area contributed by atoms with Crippen LogP contribution in [0.5, 0.6) is 5.88 Å². The highest BCUT2D eigenvalue weighted by Gasteiger charge is 2.25. The van der Waals surface area contributed by atoms with Crippen LogP contribution in [0, 0.1) is 10.7 Å². The number of imidazole rings is 1. The summed E-state index contributed by atoms with van der Waals surface area (Å²) >= 11 is 5.41. The predicted octanol–water partition coefficient (Wildman–Crippen LogP) is 3.46. The monoisotopic (exact) mass is 263 g/mol. The van der Waals surface area contributed by atoms with Gasteiger partial charge < -0.3 is 9.72 Å². The fourth-order valence-electron chi connectivity index (χ4n) is 2.45. The minimum Gasteiger partial charge on any atom is -0.481 e. The highest BCUT2D eigenvalue weighted by atomic mass is 32.1. The molecule has 1 aliphatic carbocycles. The average Bonchev–Trinajstić information content (AvgIpc) is 3.08. The fraction of sp³-hybridized carbons (Fsp3) is 0.538. The molecule has 2 aromatic heterocycles. The first-order valence-corrected chi connectivity index (χ1v) is 6.75. The molecule has 0 saturated heterocycles. The third-order valence-corrected chi connectivity index (χ3v) is 3.86. The van der Waals surface area contributed by atoms with E-state index in [-0.39, 0.29) is 0 Å². The lowest BCUT2D eigenvalue weighted by Crippen LogP contribution is -2.07. The van der Waals surface area contributed by atoms with Gasteiger partial charge >= 0.3 is 0 Å². The molecule has 1 unspecified atom stereocenters. The predicted molar refractivity (Wildman–Crippen MR) is 73.5 cm³/mol. The van der Waals surface area contributed by atoms with Gasteiger partial charge in [-0.2, -0.15) is 4.98 Å². The largest absolute Gasteiger partial charge is 0.481 e. The van der Waals surface area contributed by atoms with Gasteiger partial charge in [0.05, 0.1) is 12.6 Å². The van der Waals surface area contributed by atoms with Crippen molar-refractivity contribution in [1.29, 1.82) is 0 Å². The minimum absolute atomic E-state index is 0.387. The van der Waals surface area contributed by atoms with Gasteiger partial charge in [0.2, 0.25) is 5.88 Å². The van der Waals surface area contributed by atoms with Gasteiger partial charge in [0.25, 0.3) is 0 Å². The molecule has 4 nitrogen and oxygen atoms in total. The minimum atomic E-state index is 0.387. The highest BCUT2D eigenvalue weighted by Crippen LogP contribution is 2.37. The van der Waals surface area contributed by atoms with Crippen LogP contribution in [0.4, 0.5) is 0 Å². The number of aromatic amines is 1. The fourth-order valence-corrected chi connectivity index (χ4v) is 2.82. The molecule has 0 bridgehead atoms. The van der Waals surface area contributed by atoms with Gasteiger partial charge in [0.15, 0.2) is 10.4 Å². The van der Waals surface area contributed by atoms with Crippen molar-refractivity contribution in [3.8, 4) is 5.88 Å². The number of hydrogen-bond acceptors (Lipinski definition) is 3. The number of pyridine rings is 1. The van der Waals surface area contributed by atoms with Gasteiger partial charge in [-0.15, -0.1) is 0 Å². The Bertz CT molecular complexity index is 627. The van der Waals surface area contributed by atoms with Crippen molar-refractivity contribution in [2.45, 2.75) is 32.2 Å². The summed E-state index contributed by atoms with van der Waals surface area (Å²) < 4.78 is 8.05. The maximum absolute atomic E-state index is 5.41. The Morgan fingerprint density at radius 2 is 2.33 bits per heavy atom. The summed E-state index contributed by atoms with van der Waals surface area (Å²) in [6, 6.07) is 4.21. The zero-order valence-corrected chi connectivity index (χ0v) is 11.5. The van der Waals surface area contributed by atoms with E-state index in [4.69, 9.17) is 17.0 Å². The third kappa shape index (κ3) is 2.03. The number of fused-ring (bicyclic) bond motifs is 1. The molecule has 0 aromatic carbocycles. The molecule has 2 aromatic rings. The molecule has 1 fully saturated rings. The van der Waals surface area contributed by atoms with Crippen LogP contribution in [-0.4, -0.2) is 21.6 Å². The summed E-state index contributed by atoms with van der Waals surface area (Å²) in [4.78, 5) is 7.72. The van der Waals surface area contributed by atoms with Crippen molar-refractivity contribution in [3.05, 3.63) is 16.9 Å². The van der Waals surface area contributed by atoms with Crippen LogP contribution in [-0.2, 0) is 0 Å². The van der Waals surface area contributed by atoms with Crippen LogP contribution in [0.25, 0.3) is 11.2 Å². The Morgan fingerprint density at radius 1 is 1.56 bits per heavy atom. The lowest BCUT2D eigenvalue weighted by Gasteiger charge is -2.13. The second kappa shape index (κ2) is 4.39. The van der Waals surface area contributed by atoms with E-state index in [1.807, 2.05) is 12.1 Å². The van der Waals surface area contributed by atoms with Gasteiger partial charge in [-0.3, -0.25) is 4.57 Å². The standard InChI is InChI=1S/C13H17N3OS/c1-8(7-9-3-4-9)16-12-10(14-13(16)18)5-6-11(15-12)17-2/h5-6,8-9H,3-4,7H2,1-2H3,(H,14,18). The Hall–Kier alpha value is -1.36. The molecule has 0 radical (unpaired) electrons. The number of nitrogens with one attached hydrogen (secondary N) is 1. The quantitative estimate of drug-likeness (QED) is 0.859. The number of methoxy groups -OCH3 is 1. The van der Waals surface area contributed by atoms with Crippen LogP contribution in [0.3, 0.4) is 0 Å². The van der Waals surface area contributed by atoms with Crippen molar-refractivity contribution >= 4 is 23.4 Å². The number of hydrogen-bond donors (Lipinski definition) is 1. The molecule has 1 aliphatic rings. The first-order valence-electron chi connectivity index (χ1n) is 6.34. The number of nitrogens with zero attached hydrogens (tertiary/aromatic N) is 2. The Kier molecular flexibility index (Phi) is 2.86. The van der Waals surface area contributed by atoms with Crippen molar-refractivity contribution in [2.24, 2.45) is 5.92 Å². The molecular formula is C13H17N3OS. The zero-order chi connectivity index (χ0) is 12.7. The maximum atomic E-state index is 5.41. The van der Waals surface area contributed by atoms with E-state index in [1.165, 1.54) is 19.3 Å². The molecule has 1 saturated carbocycles. The van der Waals surface area contributed by atoms with Crippen molar-refractivity contribution < 1.29 is 4.74 Å². The second-order valence-corrected chi connectivity index (χ2v) is 5.44. The number of aromatic nitrogens is 3.